The van der Waals surface area contributed by atoms with Crippen LogP contribution in [0, 0.1) is 31.3 Å². The molecule has 396 valence electrons. The number of ether oxygens (including phenoxy) is 2. The summed E-state index contributed by atoms with van der Waals surface area (Å²) in [6.07, 6.45) is -18.2. The average molecular weight is 1200 g/mol. The number of aromatic nitrogens is 2. The van der Waals surface area contributed by atoms with E-state index in [2.05, 4.69) is 9.47 Å². The van der Waals surface area contributed by atoms with E-state index >= 15 is 0 Å². The van der Waals surface area contributed by atoms with Gasteiger partial charge in [-0.15, -0.1) is 0 Å². The van der Waals surface area contributed by atoms with Gasteiger partial charge in [-0.1, -0.05) is 67.0 Å². The van der Waals surface area contributed by atoms with Crippen LogP contribution in [0.5, 0.6) is 0 Å². The van der Waals surface area contributed by atoms with Crippen molar-refractivity contribution in [1.82, 2.24) is 9.13 Å². The first kappa shape index (κ1) is 62.0. The third-order valence-electron chi connectivity index (χ3n) is 10.6. The molecule has 0 amide bonds. The Labute approximate surface area is 431 Å². The molecule has 2 N–H and O–H groups in total. The molecule has 4 aromatic carbocycles. The van der Waals surface area contributed by atoms with Crippen molar-refractivity contribution in [1.29, 1.82) is 0 Å². The molecule has 6 rings (SSSR count). The zero-order valence-corrected chi connectivity index (χ0v) is 41.3. The number of halogens is 17. The van der Waals surface area contributed by atoms with Crippen molar-refractivity contribution in [2.24, 2.45) is 0 Å². The standard InChI is InChI=1S/C23H17ClF7NO2.C15H11F7IN.C8H8BClO4.CH4/c1-12-8-16(21(25,22(26,27)28)23(29,30)31)9-13(2)19(12)32-7-6-15(11-32)14-4-5-18(24)17(10-14)20(33)34-3;1-8-5-10(13(16,14(17,18)19)15(20,21)22)6-9(2)12(8)24-4-3-11(23)7-24;1-14-8(11)6-4-5(9(12)13)2-3-7(6)10;/h4-11H,1-3H3;3-7H,1-2H3;2-4,12-13H,1H3;1H4. The number of carbonyl (C=O) groups is 2. The van der Waals surface area contributed by atoms with Gasteiger partial charge in [0.25, 0.3) is 0 Å². The highest BCUT2D eigenvalue weighted by Gasteiger charge is 2.74. The van der Waals surface area contributed by atoms with Crippen LogP contribution in [0.15, 0.2) is 97.6 Å². The lowest BCUT2D eigenvalue weighted by Gasteiger charge is -2.31. The van der Waals surface area contributed by atoms with E-state index in [-0.39, 0.29) is 62.0 Å². The minimum atomic E-state index is -6.20. The molecule has 0 saturated heterocycles. The molecule has 2 heterocycles. The number of esters is 2. The number of aryl methyl sites for hydroxylation is 4. The minimum absolute atomic E-state index is 0. The molecule has 0 aliphatic carbocycles. The van der Waals surface area contributed by atoms with Crippen LogP contribution < -0.4 is 5.46 Å². The number of methoxy groups -OCH3 is 2. The normalized spacial score (nSPS) is 12.2. The van der Waals surface area contributed by atoms with Gasteiger partial charge in [0.2, 0.25) is 0 Å². The first-order valence-electron chi connectivity index (χ1n) is 20.0. The fraction of sp³-hybridized carbons (Fsp3) is 0.277. The second-order valence-corrected chi connectivity index (χ2v) is 17.6. The zero-order valence-electron chi connectivity index (χ0n) is 37.7. The number of hydrogen-bond acceptors (Lipinski definition) is 6. The second-order valence-electron chi connectivity index (χ2n) is 15.6. The van der Waals surface area contributed by atoms with E-state index in [0.717, 1.165) is 3.57 Å². The summed E-state index contributed by atoms with van der Waals surface area (Å²) >= 11 is 13.7. The van der Waals surface area contributed by atoms with Crippen LogP contribution >= 0.6 is 45.8 Å². The first-order chi connectivity index (χ1) is 33.0. The number of rotatable bonds is 8. The Morgan fingerprint density at radius 3 is 1.23 bits per heavy atom. The Morgan fingerprint density at radius 1 is 0.534 bits per heavy atom. The van der Waals surface area contributed by atoms with Crippen molar-refractivity contribution in [2.45, 2.75) is 71.2 Å². The van der Waals surface area contributed by atoms with Crippen LogP contribution in [0.3, 0.4) is 0 Å². The van der Waals surface area contributed by atoms with Crippen LogP contribution in [0.25, 0.3) is 22.5 Å². The maximum Gasteiger partial charge on any atom is 0.488 e. The lowest BCUT2D eigenvalue weighted by Crippen LogP contribution is -2.50. The highest BCUT2D eigenvalue weighted by molar-refractivity contribution is 14.1. The van der Waals surface area contributed by atoms with Crippen molar-refractivity contribution >= 4 is 70.3 Å². The number of hydrogen-bond donors (Lipinski definition) is 2. The predicted molar refractivity (Wildman–Crippen MR) is 254 cm³/mol. The number of nitrogens with zero attached hydrogens (tertiary/aromatic N) is 2. The fourth-order valence-corrected chi connectivity index (χ4v) is 8.11. The van der Waals surface area contributed by atoms with Crippen LogP contribution in [0.2, 0.25) is 10.0 Å². The van der Waals surface area contributed by atoms with Gasteiger partial charge in [-0.05, 0) is 126 Å². The van der Waals surface area contributed by atoms with Gasteiger partial charge in [-0.3, -0.25) is 0 Å². The molecule has 6 aromatic rings. The van der Waals surface area contributed by atoms with E-state index in [1.54, 1.807) is 41.4 Å². The maximum absolute atomic E-state index is 14.5. The van der Waals surface area contributed by atoms with E-state index in [4.69, 9.17) is 33.2 Å². The van der Waals surface area contributed by atoms with Gasteiger partial charge in [0, 0.05) is 39.5 Å². The summed E-state index contributed by atoms with van der Waals surface area (Å²) in [6, 6.07) is 14.3. The van der Waals surface area contributed by atoms with Crippen molar-refractivity contribution in [3.8, 4) is 22.5 Å². The third-order valence-corrected chi connectivity index (χ3v) is 11.9. The predicted octanol–water partition coefficient (Wildman–Crippen LogP) is 13.9. The Hall–Kier alpha value is -5.31. The van der Waals surface area contributed by atoms with Crippen LogP contribution in [0.4, 0.5) is 61.5 Å². The topological polar surface area (TPSA) is 103 Å². The molecule has 73 heavy (non-hydrogen) atoms. The Kier molecular flexibility index (Phi) is 19.6. The second kappa shape index (κ2) is 23.1. The summed E-state index contributed by atoms with van der Waals surface area (Å²) < 4.78 is 198. The summed E-state index contributed by atoms with van der Waals surface area (Å²) in [5.41, 5.74) is -11.5. The average Bonchev–Trinajstić information content (AvgIpc) is 3.93. The molecule has 2 aromatic heterocycles. The summed E-state index contributed by atoms with van der Waals surface area (Å²) in [6.45, 7) is 5.25. The lowest BCUT2D eigenvalue weighted by molar-refractivity contribution is -0.349. The smallest absolute Gasteiger partial charge is 0.465 e. The van der Waals surface area contributed by atoms with E-state index < -0.39 is 66.2 Å². The number of carbonyl (C=O) groups excluding carboxylic acids is 2. The van der Waals surface area contributed by atoms with Crippen LogP contribution in [-0.2, 0) is 20.8 Å². The molecule has 0 aliphatic rings. The van der Waals surface area contributed by atoms with Crippen LogP contribution in [-0.4, -0.2) is 77.2 Å². The van der Waals surface area contributed by atoms with Gasteiger partial charge < -0.3 is 28.7 Å². The van der Waals surface area contributed by atoms with Gasteiger partial charge in [0.15, 0.2) is 0 Å². The molecule has 0 aliphatic heterocycles. The summed E-state index contributed by atoms with van der Waals surface area (Å²) in [7, 11) is 0.789. The zero-order chi connectivity index (χ0) is 54.9. The molecule has 8 nitrogen and oxygen atoms in total. The first-order valence-corrected chi connectivity index (χ1v) is 21.8. The van der Waals surface area contributed by atoms with Gasteiger partial charge >= 0.3 is 55.1 Å². The molecular weight excluding hydrogens is 1160 g/mol. The molecule has 0 radical (unpaired) electrons. The molecule has 0 saturated carbocycles. The van der Waals surface area contributed by atoms with Crippen LogP contribution in [0.1, 0.15) is 61.5 Å². The highest BCUT2D eigenvalue weighted by Crippen LogP contribution is 2.55. The largest absolute Gasteiger partial charge is 0.488 e. The lowest BCUT2D eigenvalue weighted by atomic mass is 9.79. The quantitative estimate of drug-likeness (QED) is 0.0681. The molecule has 0 fully saturated rings. The van der Waals surface area contributed by atoms with Crippen molar-refractivity contribution in [3.63, 3.8) is 0 Å². The summed E-state index contributed by atoms with van der Waals surface area (Å²) in [4.78, 5) is 23.0. The Balaban J connectivity index is 0.000000313. The molecule has 26 heteroatoms. The Bertz CT molecular complexity index is 2880. The van der Waals surface area contributed by atoms with Gasteiger partial charge in [0.1, 0.15) is 0 Å². The van der Waals surface area contributed by atoms with Gasteiger partial charge in [-0.2, -0.15) is 52.7 Å². The van der Waals surface area contributed by atoms with E-state index in [1.165, 1.54) is 83.0 Å². The third kappa shape index (κ3) is 13.0. The fourth-order valence-electron chi connectivity index (χ4n) is 7.26. The van der Waals surface area contributed by atoms with Crippen molar-refractivity contribution < 1.29 is 90.6 Å². The van der Waals surface area contributed by atoms with E-state index in [0.29, 0.717) is 41.1 Å². The minimum Gasteiger partial charge on any atom is -0.465 e. The molecule has 0 spiro atoms. The molecule has 0 unspecified atom stereocenters. The number of benzene rings is 4. The van der Waals surface area contributed by atoms with E-state index in [9.17, 15) is 71.1 Å². The van der Waals surface area contributed by atoms with E-state index in [1.807, 2.05) is 22.6 Å². The monoisotopic (exact) mass is 1200 g/mol. The van der Waals surface area contributed by atoms with Crippen molar-refractivity contribution in [3.05, 3.63) is 156 Å². The molecular formula is C47H40BCl2F14IN2O6. The Morgan fingerprint density at radius 2 is 0.890 bits per heavy atom. The van der Waals surface area contributed by atoms with Gasteiger partial charge in [0.05, 0.1) is 46.8 Å². The molecule has 0 atom stereocenters. The number of alkyl halides is 14. The van der Waals surface area contributed by atoms with Crippen molar-refractivity contribution in [2.75, 3.05) is 14.2 Å². The maximum atomic E-state index is 14.5. The highest BCUT2D eigenvalue weighted by atomic mass is 127. The summed E-state index contributed by atoms with van der Waals surface area (Å²) in [5.74, 6) is -1.27. The summed E-state index contributed by atoms with van der Waals surface area (Å²) in [5, 5.41) is 18.1. The van der Waals surface area contributed by atoms with Gasteiger partial charge in [-0.25, -0.2) is 18.4 Å². The molecule has 0 bridgehead atoms. The SMILES string of the molecule is C.COC(=O)c1cc(-c2ccn(-c3c(C)cc(C(F)(C(F)(F)F)C(F)(F)F)cc3C)c2)ccc1Cl.COC(=O)c1cc(B(O)O)ccc1Cl.Cc1cc(C(F)(C(F)(F)F)C(F)(F)F)cc(C)c1-n1ccc(I)c1.